The lowest BCUT2D eigenvalue weighted by Crippen LogP contribution is -2.34. The molecular formula is C10H12N2O2. The first-order valence-corrected chi connectivity index (χ1v) is 4.29. The van der Waals surface area contributed by atoms with Gasteiger partial charge in [0.05, 0.1) is 13.1 Å². The van der Waals surface area contributed by atoms with Crippen molar-refractivity contribution in [1.82, 2.24) is 5.32 Å². The molecule has 14 heavy (non-hydrogen) atoms. The van der Waals surface area contributed by atoms with Crippen LogP contribution in [0.1, 0.15) is 10.4 Å². The third-order valence-corrected chi connectivity index (χ3v) is 1.73. The molecule has 0 saturated carbocycles. The van der Waals surface area contributed by atoms with E-state index in [1.807, 2.05) is 6.07 Å². The smallest absolute Gasteiger partial charge is 0.234 e. The summed E-state index contributed by atoms with van der Waals surface area (Å²) in [5.74, 6) is -0.443. The summed E-state index contributed by atoms with van der Waals surface area (Å²) in [7, 11) is 0. The summed E-state index contributed by atoms with van der Waals surface area (Å²) in [4.78, 5) is 22.2. The van der Waals surface area contributed by atoms with Crippen LogP contribution < -0.4 is 11.1 Å². The highest BCUT2D eigenvalue weighted by atomic mass is 16.2. The summed E-state index contributed by atoms with van der Waals surface area (Å²) in [6, 6.07) is 8.79. The molecule has 3 N–H and O–H groups in total. The number of carbonyl (C=O) groups excluding carboxylic acids is 2. The quantitative estimate of drug-likeness (QED) is 0.657. The van der Waals surface area contributed by atoms with Crippen LogP contribution >= 0.6 is 0 Å². The Hall–Kier alpha value is -1.68. The molecule has 0 saturated heterocycles. The Morgan fingerprint density at radius 3 is 2.43 bits per heavy atom. The van der Waals surface area contributed by atoms with Crippen LogP contribution in [0.2, 0.25) is 0 Å². The number of rotatable bonds is 4. The van der Waals surface area contributed by atoms with Crippen molar-refractivity contribution in [3.05, 3.63) is 35.9 Å². The summed E-state index contributed by atoms with van der Waals surface area (Å²) in [6.07, 6.45) is 0. The topological polar surface area (TPSA) is 72.2 Å². The van der Waals surface area contributed by atoms with E-state index < -0.39 is 0 Å². The molecule has 0 fully saturated rings. The number of amides is 1. The van der Waals surface area contributed by atoms with Crippen LogP contribution in [0.3, 0.4) is 0 Å². The standard InChI is InChI=1S/C10H12N2O2/c11-6-10(14)12-7-9(13)8-4-2-1-3-5-8/h1-5H,6-7,11H2,(H,12,14). The first-order valence-electron chi connectivity index (χ1n) is 4.29. The fraction of sp³-hybridized carbons (Fsp3) is 0.200. The number of ketones is 1. The maximum atomic E-state index is 11.4. The third-order valence-electron chi connectivity index (χ3n) is 1.73. The zero-order chi connectivity index (χ0) is 10.4. The molecule has 0 aliphatic rings. The van der Waals surface area contributed by atoms with Crippen molar-refractivity contribution < 1.29 is 9.59 Å². The monoisotopic (exact) mass is 192 g/mol. The van der Waals surface area contributed by atoms with Gasteiger partial charge in [-0.3, -0.25) is 9.59 Å². The van der Waals surface area contributed by atoms with Gasteiger partial charge in [-0.25, -0.2) is 0 Å². The molecule has 0 aliphatic carbocycles. The molecule has 0 spiro atoms. The average molecular weight is 192 g/mol. The maximum absolute atomic E-state index is 11.4. The van der Waals surface area contributed by atoms with Gasteiger partial charge in [0, 0.05) is 5.56 Å². The van der Waals surface area contributed by atoms with Crippen molar-refractivity contribution in [2.24, 2.45) is 5.73 Å². The van der Waals surface area contributed by atoms with Crippen LogP contribution in [0.25, 0.3) is 0 Å². The molecule has 4 heteroatoms. The number of hydrogen-bond acceptors (Lipinski definition) is 3. The minimum Gasteiger partial charge on any atom is -0.348 e. The van der Waals surface area contributed by atoms with Crippen molar-refractivity contribution in [2.45, 2.75) is 0 Å². The molecule has 1 rings (SSSR count). The molecule has 0 radical (unpaired) electrons. The largest absolute Gasteiger partial charge is 0.348 e. The van der Waals surface area contributed by atoms with E-state index in [0.717, 1.165) is 0 Å². The van der Waals surface area contributed by atoms with Gasteiger partial charge in [0.15, 0.2) is 5.78 Å². The van der Waals surface area contributed by atoms with Crippen molar-refractivity contribution in [3.63, 3.8) is 0 Å². The molecular weight excluding hydrogens is 180 g/mol. The van der Waals surface area contributed by atoms with E-state index in [4.69, 9.17) is 5.73 Å². The highest BCUT2D eigenvalue weighted by Crippen LogP contribution is 1.98. The van der Waals surface area contributed by atoms with Gasteiger partial charge in [-0.05, 0) is 0 Å². The van der Waals surface area contributed by atoms with E-state index in [2.05, 4.69) is 5.32 Å². The zero-order valence-corrected chi connectivity index (χ0v) is 7.69. The SMILES string of the molecule is NCC(=O)NCC(=O)c1ccccc1. The highest BCUT2D eigenvalue weighted by Gasteiger charge is 2.05. The summed E-state index contributed by atoms with van der Waals surface area (Å²) >= 11 is 0. The zero-order valence-electron chi connectivity index (χ0n) is 7.69. The van der Waals surface area contributed by atoms with Crippen molar-refractivity contribution in [3.8, 4) is 0 Å². The summed E-state index contributed by atoms with van der Waals surface area (Å²) in [6.45, 7) is -0.0951. The van der Waals surface area contributed by atoms with Gasteiger partial charge in [-0.15, -0.1) is 0 Å². The number of nitrogens with one attached hydrogen (secondary N) is 1. The molecule has 0 heterocycles. The molecule has 0 unspecified atom stereocenters. The first-order chi connectivity index (χ1) is 6.74. The Morgan fingerprint density at radius 1 is 1.21 bits per heavy atom. The molecule has 74 valence electrons. The lowest BCUT2D eigenvalue weighted by molar-refractivity contribution is -0.119. The van der Waals surface area contributed by atoms with E-state index in [9.17, 15) is 9.59 Å². The number of hydrogen-bond donors (Lipinski definition) is 2. The predicted molar refractivity (Wildman–Crippen MR) is 52.8 cm³/mol. The second kappa shape index (κ2) is 5.14. The summed E-state index contributed by atoms with van der Waals surface area (Å²) < 4.78 is 0. The van der Waals surface area contributed by atoms with Crippen LogP contribution in [0, 0.1) is 0 Å². The normalized spacial score (nSPS) is 9.50. The molecule has 4 nitrogen and oxygen atoms in total. The first kappa shape index (κ1) is 10.4. The minimum atomic E-state index is -0.325. The second-order valence-corrected chi connectivity index (χ2v) is 2.77. The van der Waals surface area contributed by atoms with Gasteiger partial charge >= 0.3 is 0 Å². The lowest BCUT2D eigenvalue weighted by Gasteiger charge is -2.02. The fourth-order valence-electron chi connectivity index (χ4n) is 0.977. The van der Waals surface area contributed by atoms with Gasteiger partial charge in [0.2, 0.25) is 5.91 Å². The fourth-order valence-corrected chi connectivity index (χ4v) is 0.977. The number of nitrogens with two attached hydrogens (primary N) is 1. The highest BCUT2D eigenvalue weighted by molar-refractivity contribution is 5.99. The molecule has 1 amide bonds. The molecule has 0 atom stereocenters. The van der Waals surface area contributed by atoms with E-state index in [0.29, 0.717) is 5.56 Å². The Balaban J connectivity index is 2.48. The molecule has 0 aliphatic heterocycles. The van der Waals surface area contributed by atoms with Crippen molar-refractivity contribution in [1.29, 1.82) is 0 Å². The van der Waals surface area contributed by atoms with E-state index in [-0.39, 0.29) is 24.8 Å². The third kappa shape index (κ3) is 2.99. The van der Waals surface area contributed by atoms with Crippen LogP contribution in [-0.4, -0.2) is 24.8 Å². The van der Waals surface area contributed by atoms with Crippen LogP contribution in [0.15, 0.2) is 30.3 Å². The lowest BCUT2D eigenvalue weighted by atomic mass is 10.1. The Labute approximate surface area is 82.1 Å². The summed E-state index contributed by atoms with van der Waals surface area (Å²) in [5.41, 5.74) is 5.66. The summed E-state index contributed by atoms with van der Waals surface area (Å²) in [5, 5.41) is 2.42. The average Bonchev–Trinajstić information content (AvgIpc) is 2.26. The van der Waals surface area contributed by atoms with Crippen LogP contribution in [0.5, 0.6) is 0 Å². The second-order valence-electron chi connectivity index (χ2n) is 2.77. The Bertz CT molecular complexity index is 322. The van der Waals surface area contributed by atoms with E-state index in [1.165, 1.54) is 0 Å². The van der Waals surface area contributed by atoms with E-state index in [1.54, 1.807) is 24.3 Å². The molecule has 1 aromatic carbocycles. The Morgan fingerprint density at radius 2 is 1.86 bits per heavy atom. The predicted octanol–water partition coefficient (Wildman–Crippen LogP) is -0.0558. The maximum Gasteiger partial charge on any atom is 0.234 e. The van der Waals surface area contributed by atoms with Crippen molar-refractivity contribution in [2.75, 3.05) is 13.1 Å². The molecule has 1 aromatic rings. The molecule has 0 aromatic heterocycles. The molecule has 0 bridgehead atoms. The Kier molecular flexibility index (Phi) is 3.82. The van der Waals surface area contributed by atoms with Crippen LogP contribution in [-0.2, 0) is 4.79 Å². The van der Waals surface area contributed by atoms with Crippen LogP contribution in [0.4, 0.5) is 0 Å². The number of benzene rings is 1. The van der Waals surface area contributed by atoms with Gasteiger partial charge in [0.25, 0.3) is 0 Å². The van der Waals surface area contributed by atoms with Gasteiger partial charge in [0.1, 0.15) is 0 Å². The van der Waals surface area contributed by atoms with Crippen molar-refractivity contribution >= 4 is 11.7 Å². The van der Waals surface area contributed by atoms with Gasteiger partial charge in [-0.2, -0.15) is 0 Å². The number of Topliss-reactive ketones (excluding diaryl/α,β-unsaturated/α-hetero) is 1. The van der Waals surface area contributed by atoms with Gasteiger partial charge in [-0.1, -0.05) is 30.3 Å². The minimum absolute atomic E-state index is 0.0000463. The van der Waals surface area contributed by atoms with Gasteiger partial charge < -0.3 is 11.1 Å². The van der Waals surface area contributed by atoms with E-state index >= 15 is 0 Å². The number of carbonyl (C=O) groups is 2.